The second-order valence-electron chi connectivity index (χ2n) is 3.76. The van der Waals surface area contributed by atoms with Crippen molar-refractivity contribution in [1.82, 2.24) is 10.2 Å². The molecule has 0 unspecified atom stereocenters. The summed E-state index contributed by atoms with van der Waals surface area (Å²) in [6, 6.07) is 2.67. The number of carboxylic acids is 1. The van der Waals surface area contributed by atoms with Gasteiger partial charge in [-0.15, -0.1) is 0 Å². The van der Waals surface area contributed by atoms with E-state index in [4.69, 9.17) is 14.6 Å². The number of nitrogens with one attached hydrogen (secondary N) is 1. The van der Waals surface area contributed by atoms with E-state index in [1.54, 1.807) is 0 Å². The van der Waals surface area contributed by atoms with Crippen LogP contribution in [0.5, 0.6) is 11.5 Å². The van der Waals surface area contributed by atoms with Gasteiger partial charge in [-0.25, -0.2) is 9.18 Å². The number of aromatic carboxylic acids is 1. The van der Waals surface area contributed by atoms with E-state index in [1.807, 2.05) is 0 Å². The largest absolute Gasteiger partial charge is 0.477 e. The second kappa shape index (κ2) is 4.23. The number of carbonyl (C=O) groups is 1. The Kier molecular flexibility index (Phi) is 2.67. The maximum Gasteiger partial charge on any atom is 0.353 e. The Hall–Kier alpha value is -2.09. The number of hydrogen-bond acceptors (Lipinski definition) is 4. The number of aromatic amines is 1. The zero-order chi connectivity index (χ0) is 13.6. The predicted octanol–water partition coefficient (Wildman–Crippen LogP) is 2.41. The zero-order valence-electron chi connectivity index (χ0n) is 9.24. The molecule has 6 nitrogen and oxygen atoms in total. The maximum atomic E-state index is 14.2. The molecule has 8 heteroatoms. The first kappa shape index (κ1) is 12.0. The van der Waals surface area contributed by atoms with E-state index < -0.39 is 11.8 Å². The Morgan fingerprint density at radius 2 is 2.26 bits per heavy atom. The minimum Gasteiger partial charge on any atom is -0.477 e. The molecule has 0 spiro atoms. The van der Waals surface area contributed by atoms with Crippen LogP contribution in [0.2, 0.25) is 0 Å². The van der Waals surface area contributed by atoms with Crippen molar-refractivity contribution in [1.29, 1.82) is 0 Å². The molecule has 0 fully saturated rings. The van der Waals surface area contributed by atoms with Crippen LogP contribution in [0.3, 0.4) is 0 Å². The van der Waals surface area contributed by atoms with Gasteiger partial charge in [0.2, 0.25) is 6.79 Å². The molecule has 0 bridgehead atoms. The zero-order valence-corrected chi connectivity index (χ0v) is 10.8. The van der Waals surface area contributed by atoms with Crippen molar-refractivity contribution in [3.8, 4) is 22.8 Å². The smallest absolute Gasteiger partial charge is 0.353 e. The van der Waals surface area contributed by atoms with Crippen molar-refractivity contribution in [3.05, 3.63) is 28.1 Å². The van der Waals surface area contributed by atoms with Crippen molar-refractivity contribution in [2.24, 2.45) is 0 Å². The monoisotopic (exact) mass is 328 g/mol. The Labute approximate surface area is 114 Å². The van der Waals surface area contributed by atoms with Crippen molar-refractivity contribution < 1.29 is 23.8 Å². The van der Waals surface area contributed by atoms with Gasteiger partial charge in [0.05, 0.1) is 10.2 Å². The highest BCUT2D eigenvalue weighted by Crippen LogP contribution is 2.44. The summed E-state index contributed by atoms with van der Waals surface area (Å²) in [4.78, 5) is 10.8. The summed E-state index contributed by atoms with van der Waals surface area (Å²) in [7, 11) is 0. The van der Waals surface area contributed by atoms with E-state index in [1.165, 1.54) is 12.1 Å². The summed E-state index contributed by atoms with van der Waals surface area (Å²) in [5.74, 6) is -1.09. The highest BCUT2D eigenvalue weighted by molar-refractivity contribution is 9.10. The SMILES string of the molecule is O=C(O)c1cc(-c2cc3c(c(Br)c2F)OCO3)n[nH]1. The Morgan fingerprint density at radius 1 is 1.47 bits per heavy atom. The molecule has 1 aromatic heterocycles. The molecule has 2 N–H and O–H groups in total. The first-order valence-corrected chi connectivity index (χ1v) is 5.94. The van der Waals surface area contributed by atoms with E-state index in [-0.39, 0.29) is 34.0 Å². The lowest BCUT2D eigenvalue weighted by atomic mass is 10.1. The molecule has 2 aromatic rings. The lowest BCUT2D eigenvalue weighted by Crippen LogP contribution is -1.95. The van der Waals surface area contributed by atoms with Gasteiger partial charge in [0.1, 0.15) is 5.69 Å². The minimum atomic E-state index is -1.17. The molecule has 3 rings (SSSR count). The topological polar surface area (TPSA) is 84.4 Å². The molecule has 98 valence electrons. The van der Waals surface area contributed by atoms with Gasteiger partial charge in [0.15, 0.2) is 17.3 Å². The molecule has 0 radical (unpaired) electrons. The van der Waals surface area contributed by atoms with Crippen LogP contribution in [0, 0.1) is 5.82 Å². The van der Waals surface area contributed by atoms with Gasteiger partial charge in [-0.2, -0.15) is 5.10 Å². The molecular weight excluding hydrogens is 323 g/mol. The number of rotatable bonds is 2. The average molecular weight is 329 g/mol. The van der Waals surface area contributed by atoms with Crippen molar-refractivity contribution >= 4 is 21.9 Å². The molecule has 19 heavy (non-hydrogen) atoms. The molecular formula is C11H6BrFN2O4. The number of fused-ring (bicyclic) bond motifs is 1. The molecule has 1 aliphatic rings. The average Bonchev–Trinajstić information content (AvgIpc) is 3.01. The first-order valence-electron chi connectivity index (χ1n) is 5.14. The van der Waals surface area contributed by atoms with Crippen LogP contribution in [0.25, 0.3) is 11.3 Å². The quantitative estimate of drug-likeness (QED) is 0.884. The van der Waals surface area contributed by atoms with Crippen molar-refractivity contribution in [3.63, 3.8) is 0 Å². The highest BCUT2D eigenvalue weighted by Gasteiger charge is 2.25. The number of ether oxygens (including phenoxy) is 2. The molecule has 1 aliphatic heterocycles. The van der Waals surface area contributed by atoms with Crippen LogP contribution in [0.15, 0.2) is 16.6 Å². The summed E-state index contributed by atoms with van der Waals surface area (Å²) >= 11 is 3.08. The Bertz CT molecular complexity index is 686. The fourth-order valence-corrected chi connectivity index (χ4v) is 2.26. The van der Waals surface area contributed by atoms with E-state index >= 15 is 0 Å². The molecule has 2 heterocycles. The number of aromatic nitrogens is 2. The molecule has 1 aromatic carbocycles. The van der Waals surface area contributed by atoms with Gasteiger partial charge in [-0.1, -0.05) is 0 Å². The first-order chi connectivity index (χ1) is 9.08. The molecule has 0 saturated heterocycles. The summed E-state index contributed by atoms with van der Waals surface area (Å²) in [6.45, 7) is 0.0117. The third-order valence-corrected chi connectivity index (χ3v) is 3.34. The van der Waals surface area contributed by atoms with Gasteiger partial charge in [0.25, 0.3) is 0 Å². The van der Waals surface area contributed by atoms with Gasteiger partial charge in [0, 0.05) is 5.56 Å². The van der Waals surface area contributed by atoms with Crippen LogP contribution in [0.1, 0.15) is 10.5 Å². The van der Waals surface area contributed by atoms with E-state index in [0.717, 1.165) is 0 Å². The minimum absolute atomic E-state index is 0.0117. The summed E-state index contributed by atoms with van der Waals surface area (Å²) in [5.41, 5.74) is 0.178. The van der Waals surface area contributed by atoms with E-state index in [2.05, 4.69) is 26.1 Å². The van der Waals surface area contributed by atoms with Crippen LogP contribution in [0.4, 0.5) is 4.39 Å². The maximum absolute atomic E-state index is 14.2. The molecule has 0 atom stereocenters. The van der Waals surface area contributed by atoms with Gasteiger partial charge >= 0.3 is 5.97 Å². The Morgan fingerprint density at radius 3 is 2.95 bits per heavy atom. The van der Waals surface area contributed by atoms with Gasteiger partial charge < -0.3 is 14.6 Å². The van der Waals surface area contributed by atoms with Crippen LogP contribution >= 0.6 is 15.9 Å². The van der Waals surface area contributed by atoms with Crippen molar-refractivity contribution in [2.45, 2.75) is 0 Å². The summed E-state index contributed by atoms with van der Waals surface area (Å²) in [6.07, 6.45) is 0. The Balaban J connectivity index is 2.14. The molecule has 0 saturated carbocycles. The van der Waals surface area contributed by atoms with E-state index in [9.17, 15) is 9.18 Å². The number of H-pyrrole nitrogens is 1. The van der Waals surface area contributed by atoms with Crippen LogP contribution in [-0.2, 0) is 0 Å². The number of nitrogens with zero attached hydrogens (tertiary/aromatic N) is 1. The summed E-state index contributed by atoms with van der Waals surface area (Å²) in [5, 5.41) is 14.9. The third kappa shape index (κ3) is 1.84. The third-order valence-electron chi connectivity index (χ3n) is 2.63. The predicted molar refractivity (Wildman–Crippen MR) is 64.8 cm³/mol. The number of halogens is 2. The highest BCUT2D eigenvalue weighted by atomic mass is 79.9. The van der Waals surface area contributed by atoms with E-state index in [0.29, 0.717) is 5.75 Å². The van der Waals surface area contributed by atoms with Crippen LogP contribution in [-0.4, -0.2) is 28.1 Å². The second-order valence-corrected chi connectivity index (χ2v) is 4.55. The van der Waals surface area contributed by atoms with Gasteiger partial charge in [-0.3, -0.25) is 5.10 Å². The number of carboxylic acid groups (broad SMARTS) is 1. The number of hydrogen-bond donors (Lipinski definition) is 2. The fourth-order valence-electron chi connectivity index (χ4n) is 1.74. The lowest BCUT2D eigenvalue weighted by molar-refractivity contribution is 0.0690. The normalized spacial score (nSPS) is 12.7. The lowest BCUT2D eigenvalue weighted by Gasteiger charge is -2.05. The standard InChI is InChI=1S/C11H6BrFN2O4/c12-8-9(13)4(1-7-10(8)19-3-18-7)5-2-6(11(16)17)15-14-5/h1-2H,3H2,(H,14,15)(H,16,17). The van der Waals surface area contributed by atoms with Crippen molar-refractivity contribution in [2.75, 3.05) is 6.79 Å². The van der Waals surface area contributed by atoms with Crippen LogP contribution < -0.4 is 9.47 Å². The fraction of sp³-hybridized carbons (Fsp3) is 0.0909. The molecule has 0 amide bonds. The number of benzene rings is 1. The molecule has 0 aliphatic carbocycles. The van der Waals surface area contributed by atoms with Gasteiger partial charge in [-0.05, 0) is 28.1 Å². The summed E-state index contributed by atoms with van der Waals surface area (Å²) < 4.78 is 24.6.